The van der Waals surface area contributed by atoms with Crippen LogP contribution >= 0.6 is 0 Å². The Morgan fingerprint density at radius 1 is 1.46 bits per heavy atom. The lowest BCUT2D eigenvalue weighted by Crippen LogP contribution is -2.22. The molecule has 1 rings (SSSR count). The van der Waals surface area contributed by atoms with Crippen LogP contribution in [0.5, 0.6) is 0 Å². The van der Waals surface area contributed by atoms with Gasteiger partial charge in [-0.15, -0.1) is 0 Å². The molecular weight excluding hydrogens is 164 g/mol. The van der Waals surface area contributed by atoms with Gasteiger partial charge in [0.25, 0.3) is 0 Å². The monoisotopic (exact) mass is 184 g/mol. The molecule has 0 bridgehead atoms. The molecule has 1 saturated carbocycles. The van der Waals surface area contributed by atoms with Gasteiger partial charge < -0.3 is 10.5 Å². The van der Waals surface area contributed by atoms with E-state index in [0.29, 0.717) is 5.92 Å². The molecule has 0 aliphatic heterocycles. The lowest BCUT2D eigenvalue weighted by molar-refractivity contribution is 0.152. The van der Waals surface area contributed by atoms with Crippen molar-refractivity contribution in [2.75, 3.05) is 6.54 Å². The summed E-state index contributed by atoms with van der Waals surface area (Å²) in [4.78, 5) is 0. The number of aliphatic hydroxyl groups excluding tert-OH is 1. The average molecular weight is 184 g/mol. The number of hydrogen-bond donors (Lipinski definition) is 2. The van der Waals surface area contributed by atoms with Crippen LogP contribution in [0.4, 0.5) is 0 Å². The zero-order valence-corrected chi connectivity index (χ0v) is 8.58. The van der Waals surface area contributed by atoms with E-state index in [9.17, 15) is 5.11 Å². The van der Waals surface area contributed by atoms with E-state index in [1.165, 1.54) is 5.71 Å². The van der Waals surface area contributed by atoms with Gasteiger partial charge in [-0.25, -0.2) is 0 Å². The molecule has 76 valence electrons. The molecule has 13 heavy (non-hydrogen) atoms. The molecule has 1 aliphatic carbocycles. The van der Waals surface area contributed by atoms with Crippen molar-refractivity contribution in [3.05, 3.63) is 0 Å². The maximum atomic E-state index is 9.27. The number of nitrogens with zero attached hydrogens (tertiary/aromatic N) is 1. The minimum atomic E-state index is -0.0935. The molecular formula is C10H20N2O. The van der Waals surface area contributed by atoms with Gasteiger partial charge in [0.2, 0.25) is 0 Å². The highest BCUT2D eigenvalue weighted by Crippen LogP contribution is 2.15. The smallest absolute Gasteiger partial charge is 0.0547 e. The third-order valence-electron chi connectivity index (χ3n) is 2.27. The Bertz CT molecular complexity index is 168. The minimum absolute atomic E-state index is 0.0935. The van der Waals surface area contributed by atoms with Crippen LogP contribution in [0.15, 0.2) is 5.10 Å². The van der Waals surface area contributed by atoms with E-state index in [4.69, 9.17) is 0 Å². The summed E-state index contributed by atoms with van der Waals surface area (Å²) in [6.45, 7) is 5.27. The van der Waals surface area contributed by atoms with Crippen molar-refractivity contribution in [2.45, 2.75) is 45.6 Å². The summed E-state index contributed by atoms with van der Waals surface area (Å²) in [7, 11) is 0. The zero-order valence-electron chi connectivity index (χ0n) is 8.58. The molecule has 1 fully saturated rings. The fourth-order valence-electron chi connectivity index (χ4n) is 1.39. The molecule has 2 N–H and O–H groups in total. The van der Waals surface area contributed by atoms with Gasteiger partial charge in [0.1, 0.15) is 0 Å². The molecule has 0 saturated heterocycles. The van der Waals surface area contributed by atoms with Gasteiger partial charge in [-0.3, -0.25) is 0 Å². The Morgan fingerprint density at radius 3 is 2.62 bits per heavy atom. The van der Waals surface area contributed by atoms with Crippen molar-refractivity contribution in [3.63, 3.8) is 0 Å². The van der Waals surface area contributed by atoms with Crippen LogP contribution < -0.4 is 5.43 Å². The molecule has 0 aromatic carbocycles. The molecule has 0 unspecified atom stereocenters. The summed E-state index contributed by atoms with van der Waals surface area (Å²) in [5, 5.41) is 13.6. The third kappa shape index (κ3) is 4.27. The van der Waals surface area contributed by atoms with Crippen molar-refractivity contribution in [2.24, 2.45) is 11.0 Å². The molecule has 0 atom stereocenters. The van der Waals surface area contributed by atoms with Crippen LogP contribution in [0.3, 0.4) is 0 Å². The Hall–Kier alpha value is -0.570. The predicted molar refractivity (Wildman–Crippen MR) is 54.8 cm³/mol. The van der Waals surface area contributed by atoms with Crippen LogP contribution in [0.1, 0.15) is 39.5 Å². The highest BCUT2D eigenvalue weighted by Gasteiger charge is 2.14. The van der Waals surface area contributed by atoms with Gasteiger partial charge in [-0.1, -0.05) is 13.8 Å². The molecule has 3 nitrogen and oxygen atoms in total. The second-order valence-corrected chi connectivity index (χ2v) is 4.17. The Kier molecular flexibility index (Phi) is 4.22. The van der Waals surface area contributed by atoms with Crippen molar-refractivity contribution >= 4 is 5.71 Å². The molecule has 0 aromatic rings. The fourth-order valence-corrected chi connectivity index (χ4v) is 1.39. The van der Waals surface area contributed by atoms with Gasteiger partial charge in [0.05, 0.1) is 6.10 Å². The highest BCUT2D eigenvalue weighted by atomic mass is 16.3. The summed E-state index contributed by atoms with van der Waals surface area (Å²) >= 11 is 0. The number of aliphatic hydroxyl groups is 1. The van der Waals surface area contributed by atoms with Crippen LogP contribution in [0.2, 0.25) is 0 Å². The predicted octanol–water partition coefficient (Wildman–Crippen LogP) is 1.52. The lowest BCUT2D eigenvalue weighted by Gasteiger charge is -2.18. The minimum Gasteiger partial charge on any atom is -0.393 e. The van der Waals surface area contributed by atoms with Crippen LogP contribution in [-0.4, -0.2) is 23.5 Å². The molecule has 1 aliphatic rings. The summed E-state index contributed by atoms with van der Waals surface area (Å²) in [5.41, 5.74) is 4.29. The largest absolute Gasteiger partial charge is 0.393 e. The zero-order chi connectivity index (χ0) is 9.68. The van der Waals surface area contributed by atoms with E-state index in [1.807, 2.05) is 0 Å². The van der Waals surface area contributed by atoms with Crippen molar-refractivity contribution in [1.82, 2.24) is 5.43 Å². The fraction of sp³-hybridized carbons (Fsp3) is 0.900. The second-order valence-electron chi connectivity index (χ2n) is 4.17. The normalized spacial score (nSPS) is 23.4. The Balaban J connectivity index is 2.20. The van der Waals surface area contributed by atoms with Gasteiger partial charge in [-0.05, 0) is 31.6 Å². The van der Waals surface area contributed by atoms with Crippen LogP contribution in [0.25, 0.3) is 0 Å². The standard InChI is InChI=1S/C10H20N2O/c1-8(2)7-11-12-9-3-5-10(13)6-4-9/h8,10-11,13H,3-7H2,1-2H3. The van der Waals surface area contributed by atoms with Crippen LogP contribution in [0, 0.1) is 5.92 Å². The number of nitrogens with one attached hydrogen (secondary N) is 1. The quantitative estimate of drug-likeness (QED) is 0.653. The van der Waals surface area contributed by atoms with E-state index < -0.39 is 0 Å². The van der Waals surface area contributed by atoms with Crippen molar-refractivity contribution in [1.29, 1.82) is 0 Å². The van der Waals surface area contributed by atoms with E-state index in [2.05, 4.69) is 24.4 Å². The van der Waals surface area contributed by atoms with Crippen LogP contribution in [-0.2, 0) is 0 Å². The van der Waals surface area contributed by atoms with Crippen molar-refractivity contribution < 1.29 is 5.11 Å². The van der Waals surface area contributed by atoms with E-state index in [0.717, 1.165) is 32.2 Å². The molecule has 0 spiro atoms. The van der Waals surface area contributed by atoms with Gasteiger partial charge in [0.15, 0.2) is 0 Å². The Morgan fingerprint density at radius 2 is 2.08 bits per heavy atom. The van der Waals surface area contributed by atoms with Gasteiger partial charge in [-0.2, -0.15) is 5.10 Å². The third-order valence-corrected chi connectivity index (χ3v) is 2.27. The first-order valence-corrected chi connectivity index (χ1v) is 5.15. The summed E-state index contributed by atoms with van der Waals surface area (Å²) in [6, 6.07) is 0. The van der Waals surface area contributed by atoms with E-state index in [-0.39, 0.29) is 6.10 Å². The molecule has 0 aromatic heterocycles. The molecule has 0 heterocycles. The molecule has 0 radical (unpaired) electrons. The van der Waals surface area contributed by atoms with Crippen molar-refractivity contribution in [3.8, 4) is 0 Å². The van der Waals surface area contributed by atoms with Gasteiger partial charge >= 0.3 is 0 Å². The maximum Gasteiger partial charge on any atom is 0.0547 e. The maximum absolute atomic E-state index is 9.27. The highest BCUT2D eigenvalue weighted by molar-refractivity contribution is 5.84. The Labute approximate surface area is 80.2 Å². The average Bonchev–Trinajstić information content (AvgIpc) is 2.08. The number of hydrazone groups is 1. The van der Waals surface area contributed by atoms with E-state index >= 15 is 0 Å². The van der Waals surface area contributed by atoms with E-state index in [1.54, 1.807) is 0 Å². The summed E-state index contributed by atoms with van der Waals surface area (Å²) in [6.07, 6.45) is 3.56. The summed E-state index contributed by atoms with van der Waals surface area (Å²) in [5.74, 6) is 0.638. The molecule has 0 amide bonds. The lowest BCUT2D eigenvalue weighted by atomic mass is 9.96. The molecule has 3 heteroatoms. The SMILES string of the molecule is CC(C)CNN=C1CCC(O)CC1. The first kappa shape index (κ1) is 10.5. The second kappa shape index (κ2) is 5.22. The number of rotatable bonds is 3. The number of hydrogen-bond acceptors (Lipinski definition) is 3. The summed E-state index contributed by atoms with van der Waals surface area (Å²) < 4.78 is 0. The first-order valence-electron chi connectivity index (χ1n) is 5.15. The topological polar surface area (TPSA) is 44.6 Å². The van der Waals surface area contributed by atoms with Gasteiger partial charge in [0, 0.05) is 12.3 Å². The first-order chi connectivity index (χ1) is 6.18.